The Morgan fingerprint density at radius 3 is 2.75 bits per heavy atom. The van der Waals surface area contributed by atoms with Crippen molar-refractivity contribution in [1.29, 1.82) is 0 Å². The fourth-order valence-electron chi connectivity index (χ4n) is 2.26. The monoisotopic (exact) mass is 224 g/mol. The maximum absolute atomic E-state index is 9.97. The molecule has 3 nitrogen and oxygen atoms in total. The van der Waals surface area contributed by atoms with Crippen molar-refractivity contribution < 1.29 is 14.6 Å². The average molecular weight is 224 g/mol. The van der Waals surface area contributed by atoms with Crippen LogP contribution in [-0.2, 0) is 9.47 Å². The van der Waals surface area contributed by atoms with Crippen LogP contribution in [0.1, 0.15) is 44.9 Å². The summed E-state index contributed by atoms with van der Waals surface area (Å²) in [5.74, 6) is 5.84. The van der Waals surface area contributed by atoms with E-state index in [4.69, 9.17) is 9.47 Å². The van der Waals surface area contributed by atoms with Crippen LogP contribution < -0.4 is 0 Å². The van der Waals surface area contributed by atoms with Gasteiger partial charge in [-0.2, -0.15) is 0 Å². The number of aliphatic hydroxyl groups is 1. The van der Waals surface area contributed by atoms with Gasteiger partial charge in [0.25, 0.3) is 0 Å². The van der Waals surface area contributed by atoms with Crippen molar-refractivity contribution in [2.24, 2.45) is 0 Å². The van der Waals surface area contributed by atoms with Gasteiger partial charge in [-0.1, -0.05) is 11.8 Å². The van der Waals surface area contributed by atoms with Gasteiger partial charge in [-0.3, -0.25) is 0 Å². The highest BCUT2D eigenvalue weighted by molar-refractivity contribution is 5.15. The molecule has 16 heavy (non-hydrogen) atoms. The topological polar surface area (TPSA) is 38.7 Å². The lowest BCUT2D eigenvalue weighted by Gasteiger charge is -2.21. The van der Waals surface area contributed by atoms with E-state index in [2.05, 4.69) is 11.8 Å². The Kier molecular flexibility index (Phi) is 4.22. The summed E-state index contributed by atoms with van der Waals surface area (Å²) >= 11 is 0. The van der Waals surface area contributed by atoms with E-state index in [0.717, 1.165) is 45.1 Å². The van der Waals surface area contributed by atoms with Crippen molar-refractivity contribution in [3.8, 4) is 11.8 Å². The smallest absolute Gasteiger partial charge is 0.158 e. The lowest BCUT2D eigenvalue weighted by molar-refractivity contribution is -0.154. The lowest BCUT2D eigenvalue weighted by atomic mass is 10.0. The van der Waals surface area contributed by atoms with E-state index in [1.54, 1.807) is 0 Å². The zero-order chi connectivity index (χ0) is 11.3. The van der Waals surface area contributed by atoms with Gasteiger partial charge < -0.3 is 14.6 Å². The summed E-state index contributed by atoms with van der Waals surface area (Å²) in [6, 6.07) is 0. The molecular formula is C13H20O3. The quantitative estimate of drug-likeness (QED) is 0.727. The third-order valence-electron chi connectivity index (χ3n) is 3.23. The van der Waals surface area contributed by atoms with E-state index in [0.29, 0.717) is 6.61 Å². The predicted molar refractivity (Wildman–Crippen MR) is 60.7 cm³/mol. The van der Waals surface area contributed by atoms with Crippen LogP contribution in [0.4, 0.5) is 0 Å². The number of ether oxygens (including phenoxy) is 2. The molecule has 0 aromatic rings. The van der Waals surface area contributed by atoms with Crippen molar-refractivity contribution in [1.82, 2.24) is 0 Å². The number of hydrogen-bond acceptors (Lipinski definition) is 3. The van der Waals surface area contributed by atoms with Crippen molar-refractivity contribution in [2.45, 2.75) is 56.8 Å². The summed E-state index contributed by atoms with van der Waals surface area (Å²) in [7, 11) is 0. The third-order valence-corrected chi connectivity index (χ3v) is 3.23. The number of hydrogen-bond donors (Lipinski definition) is 1. The third kappa shape index (κ3) is 3.48. The van der Waals surface area contributed by atoms with Crippen molar-refractivity contribution in [3.63, 3.8) is 0 Å². The molecule has 0 spiro atoms. The van der Waals surface area contributed by atoms with Gasteiger partial charge in [-0.15, -0.1) is 0 Å². The first-order valence-corrected chi connectivity index (χ1v) is 6.24. The van der Waals surface area contributed by atoms with Crippen LogP contribution in [0.5, 0.6) is 0 Å². The second-order valence-electron chi connectivity index (χ2n) is 4.65. The molecule has 1 heterocycles. The molecule has 1 aliphatic heterocycles. The summed E-state index contributed by atoms with van der Waals surface area (Å²) in [5.41, 5.74) is -0.739. The molecule has 2 fully saturated rings. The van der Waals surface area contributed by atoms with Gasteiger partial charge in [0.15, 0.2) is 6.29 Å². The zero-order valence-corrected chi connectivity index (χ0v) is 9.71. The highest BCUT2D eigenvalue weighted by Gasteiger charge is 2.28. The van der Waals surface area contributed by atoms with Gasteiger partial charge in [0, 0.05) is 6.61 Å². The molecule has 1 unspecified atom stereocenters. The Hall–Kier alpha value is -0.560. The van der Waals surface area contributed by atoms with Crippen LogP contribution in [0, 0.1) is 11.8 Å². The van der Waals surface area contributed by atoms with E-state index in [1.807, 2.05) is 0 Å². The largest absolute Gasteiger partial charge is 0.378 e. The fraction of sp³-hybridized carbons (Fsp3) is 0.846. The first kappa shape index (κ1) is 11.9. The molecule has 0 bridgehead atoms. The molecule has 2 rings (SSSR count). The normalized spacial score (nSPS) is 28.4. The molecule has 90 valence electrons. The minimum atomic E-state index is -0.739. The molecule has 1 N–H and O–H groups in total. The van der Waals surface area contributed by atoms with E-state index in [1.165, 1.54) is 6.42 Å². The van der Waals surface area contributed by atoms with Crippen molar-refractivity contribution in [2.75, 3.05) is 13.2 Å². The summed E-state index contributed by atoms with van der Waals surface area (Å²) < 4.78 is 10.9. The lowest BCUT2D eigenvalue weighted by Crippen LogP contribution is -2.23. The standard InChI is InChI=1S/C13H20O3/c14-13(7-2-3-8-13)9-5-11-16-12-6-1-4-10-15-12/h12,14H,1-4,6-8,10-11H2. The molecule has 0 aromatic carbocycles. The van der Waals surface area contributed by atoms with E-state index < -0.39 is 5.60 Å². The molecule has 0 radical (unpaired) electrons. The summed E-state index contributed by atoms with van der Waals surface area (Å²) in [4.78, 5) is 0. The highest BCUT2D eigenvalue weighted by atomic mass is 16.7. The van der Waals surface area contributed by atoms with Gasteiger partial charge in [0.05, 0.1) is 0 Å². The Bertz CT molecular complexity index is 265. The Balaban J connectivity index is 1.68. The second-order valence-corrected chi connectivity index (χ2v) is 4.65. The van der Waals surface area contributed by atoms with Gasteiger partial charge in [-0.25, -0.2) is 0 Å². The number of rotatable bonds is 2. The molecule has 0 aromatic heterocycles. The van der Waals surface area contributed by atoms with Crippen LogP contribution in [-0.4, -0.2) is 30.2 Å². The van der Waals surface area contributed by atoms with Crippen molar-refractivity contribution in [3.05, 3.63) is 0 Å². The predicted octanol–water partition coefficient (Wildman–Crippen LogP) is 1.84. The van der Waals surface area contributed by atoms with E-state index in [-0.39, 0.29) is 6.29 Å². The van der Waals surface area contributed by atoms with Crippen LogP contribution in [0.25, 0.3) is 0 Å². The zero-order valence-electron chi connectivity index (χ0n) is 9.71. The van der Waals surface area contributed by atoms with Gasteiger partial charge in [0.1, 0.15) is 12.2 Å². The minimum absolute atomic E-state index is 0.0822. The Morgan fingerprint density at radius 1 is 1.25 bits per heavy atom. The van der Waals surface area contributed by atoms with Crippen molar-refractivity contribution >= 4 is 0 Å². The van der Waals surface area contributed by atoms with Crippen LogP contribution in [0.15, 0.2) is 0 Å². The minimum Gasteiger partial charge on any atom is -0.378 e. The van der Waals surface area contributed by atoms with Gasteiger partial charge in [-0.05, 0) is 44.9 Å². The van der Waals surface area contributed by atoms with Crippen LogP contribution in [0.2, 0.25) is 0 Å². The Labute approximate surface area is 97.1 Å². The molecule has 0 amide bonds. The molecule has 2 aliphatic rings. The second kappa shape index (κ2) is 5.67. The fourth-order valence-corrected chi connectivity index (χ4v) is 2.26. The molecule has 1 aliphatic carbocycles. The maximum atomic E-state index is 9.97. The highest BCUT2D eigenvalue weighted by Crippen LogP contribution is 2.28. The van der Waals surface area contributed by atoms with Crippen LogP contribution in [0.3, 0.4) is 0 Å². The van der Waals surface area contributed by atoms with Gasteiger partial charge >= 0.3 is 0 Å². The molecule has 1 atom stereocenters. The molecule has 1 saturated carbocycles. The van der Waals surface area contributed by atoms with Crippen LogP contribution >= 0.6 is 0 Å². The summed E-state index contributed by atoms with van der Waals surface area (Å²) in [6.07, 6.45) is 6.95. The summed E-state index contributed by atoms with van der Waals surface area (Å²) in [5, 5.41) is 9.97. The molecular weight excluding hydrogens is 204 g/mol. The van der Waals surface area contributed by atoms with E-state index in [9.17, 15) is 5.11 Å². The van der Waals surface area contributed by atoms with E-state index >= 15 is 0 Å². The first-order chi connectivity index (χ1) is 7.79. The molecule has 3 heteroatoms. The average Bonchev–Trinajstić information content (AvgIpc) is 2.74. The maximum Gasteiger partial charge on any atom is 0.158 e. The first-order valence-electron chi connectivity index (χ1n) is 6.24. The summed E-state index contributed by atoms with van der Waals surface area (Å²) in [6.45, 7) is 1.16. The molecule has 1 saturated heterocycles. The van der Waals surface area contributed by atoms with Gasteiger partial charge in [0.2, 0.25) is 0 Å². The Morgan fingerprint density at radius 2 is 2.06 bits per heavy atom. The SMILES string of the molecule is OC1(C#CCOC2CCCCO2)CCCC1.